The lowest BCUT2D eigenvalue weighted by atomic mass is 10.2. The molecule has 0 aliphatic carbocycles. The molecule has 0 fully saturated rings. The monoisotopic (exact) mass is 455 g/mol. The van der Waals surface area contributed by atoms with Crippen LogP contribution in [0, 0.1) is 0 Å². The van der Waals surface area contributed by atoms with Crippen molar-refractivity contribution in [3.05, 3.63) is 70.5 Å². The quantitative estimate of drug-likeness (QED) is 0.276. The predicted octanol–water partition coefficient (Wildman–Crippen LogP) is 5.29. The largest absolute Gasteiger partial charge is 0.495 e. The third kappa shape index (κ3) is 4.96. The molecule has 7 nitrogen and oxygen atoms in total. The summed E-state index contributed by atoms with van der Waals surface area (Å²) in [5.41, 5.74) is 1.11. The van der Waals surface area contributed by atoms with E-state index in [1.165, 1.54) is 16.2 Å². The normalized spacial score (nSPS) is 10.6. The average Bonchev–Trinajstić information content (AvgIpc) is 3.45. The molecule has 0 saturated carbocycles. The first kappa shape index (κ1) is 20.3. The molecule has 0 bridgehead atoms. The smallest absolute Gasteiger partial charge is 0.261 e. The molecule has 10 heteroatoms. The van der Waals surface area contributed by atoms with Gasteiger partial charge in [0.25, 0.3) is 5.91 Å². The SMILES string of the molecule is COc1ccccc1Nc1ncccc1C(=O)Nc1nnc(SCc2cccs2)s1. The summed E-state index contributed by atoms with van der Waals surface area (Å²) in [6, 6.07) is 15.0. The number of carbonyl (C=O) groups excluding carboxylic acids is 1. The van der Waals surface area contributed by atoms with E-state index in [1.54, 1.807) is 48.5 Å². The van der Waals surface area contributed by atoms with Gasteiger partial charge >= 0.3 is 0 Å². The van der Waals surface area contributed by atoms with Crippen molar-refractivity contribution in [2.24, 2.45) is 0 Å². The first-order valence-corrected chi connectivity index (χ1v) is 11.6. The highest BCUT2D eigenvalue weighted by atomic mass is 32.2. The Morgan fingerprint density at radius 3 is 2.87 bits per heavy atom. The predicted molar refractivity (Wildman–Crippen MR) is 122 cm³/mol. The summed E-state index contributed by atoms with van der Waals surface area (Å²) in [7, 11) is 1.59. The molecule has 0 aliphatic rings. The molecule has 3 aromatic heterocycles. The minimum absolute atomic E-state index is 0.313. The number of methoxy groups -OCH3 is 1. The molecule has 3 heterocycles. The van der Waals surface area contributed by atoms with Crippen LogP contribution in [0.4, 0.5) is 16.6 Å². The molecule has 4 aromatic rings. The molecule has 1 amide bonds. The number of nitrogens with one attached hydrogen (secondary N) is 2. The number of thioether (sulfide) groups is 1. The third-order valence-electron chi connectivity index (χ3n) is 3.96. The summed E-state index contributed by atoms with van der Waals surface area (Å²) in [5, 5.41) is 16.7. The van der Waals surface area contributed by atoms with Crippen LogP contribution in [0.15, 0.2) is 64.4 Å². The standard InChI is InChI=1S/C20H17N5O2S3/c1-27-16-9-3-2-8-15(16)22-17-14(7-4-10-21-17)18(26)23-19-24-25-20(30-19)29-12-13-6-5-11-28-13/h2-11H,12H2,1H3,(H,21,22)(H,23,24,26). The van der Waals surface area contributed by atoms with Crippen molar-refractivity contribution in [2.45, 2.75) is 10.1 Å². The highest BCUT2D eigenvalue weighted by Gasteiger charge is 2.16. The third-order valence-corrected chi connectivity index (χ3v) is 7.04. The number of anilines is 3. The fourth-order valence-electron chi connectivity index (χ4n) is 2.57. The summed E-state index contributed by atoms with van der Waals surface area (Å²) < 4.78 is 6.16. The lowest BCUT2D eigenvalue weighted by Crippen LogP contribution is -2.14. The highest BCUT2D eigenvalue weighted by Crippen LogP contribution is 2.31. The zero-order valence-corrected chi connectivity index (χ0v) is 18.3. The maximum atomic E-state index is 12.8. The Hall–Kier alpha value is -2.95. The van der Waals surface area contributed by atoms with E-state index in [4.69, 9.17) is 4.74 Å². The van der Waals surface area contributed by atoms with E-state index in [1.807, 2.05) is 35.7 Å². The van der Waals surface area contributed by atoms with Crippen LogP contribution >= 0.6 is 34.4 Å². The molecular formula is C20H17N5O2S3. The number of aromatic nitrogens is 3. The minimum Gasteiger partial charge on any atom is -0.495 e. The van der Waals surface area contributed by atoms with Crippen LogP contribution in [0.1, 0.15) is 15.2 Å². The van der Waals surface area contributed by atoms with Crippen LogP contribution in [0.2, 0.25) is 0 Å². The molecule has 0 aliphatic heterocycles. The lowest BCUT2D eigenvalue weighted by Gasteiger charge is -2.12. The van der Waals surface area contributed by atoms with Gasteiger partial charge in [-0.15, -0.1) is 21.5 Å². The van der Waals surface area contributed by atoms with Crippen LogP contribution < -0.4 is 15.4 Å². The number of para-hydroxylation sites is 2. The van der Waals surface area contributed by atoms with Gasteiger partial charge in [0.1, 0.15) is 11.6 Å². The molecular weight excluding hydrogens is 438 g/mol. The second-order valence-corrected chi connectivity index (χ2v) is 9.15. The summed E-state index contributed by atoms with van der Waals surface area (Å²) >= 11 is 4.65. The zero-order chi connectivity index (χ0) is 20.8. The second-order valence-electron chi connectivity index (χ2n) is 5.92. The number of nitrogens with zero attached hydrogens (tertiary/aromatic N) is 3. The number of carbonyl (C=O) groups is 1. The van der Waals surface area contributed by atoms with E-state index in [9.17, 15) is 4.79 Å². The van der Waals surface area contributed by atoms with Crippen LogP contribution in [-0.4, -0.2) is 28.2 Å². The number of ether oxygens (including phenoxy) is 1. The summed E-state index contributed by atoms with van der Waals surface area (Å²) in [6.45, 7) is 0. The number of pyridine rings is 1. The van der Waals surface area contributed by atoms with Gasteiger partial charge in [0.2, 0.25) is 5.13 Å². The number of hydrogen-bond donors (Lipinski definition) is 2. The van der Waals surface area contributed by atoms with E-state index < -0.39 is 0 Å². The Morgan fingerprint density at radius 2 is 2.03 bits per heavy atom. The van der Waals surface area contributed by atoms with Gasteiger partial charge in [-0.3, -0.25) is 10.1 Å². The maximum absolute atomic E-state index is 12.8. The number of benzene rings is 1. The van der Waals surface area contributed by atoms with Gasteiger partial charge in [0, 0.05) is 16.8 Å². The first-order valence-electron chi connectivity index (χ1n) is 8.88. The molecule has 2 N–H and O–H groups in total. The van der Waals surface area contributed by atoms with Crippen molar-refractivity contribution in [3.8, 4) is 5.75 Å². The van der Waals surface area contributed by atoms with Gasteiger partial charge in [-0.2, -0.15) is 0 Å². The van der Waals surface area contributed by atoms with E-state index in [0.29, 0.717) is 22.3 Å². The summed E-state index contributed by atoms with van der Waals surface area (Å²) in [6.07, 6.45) is 1.62. The Balaban J connectivity index is 1.45. The van der Waals surface area contributed by atoms with Crippen LogP contribution in [-0.2, 0) is 5.75 Å². The number of hydrogen-bond acceptors (Lipinski definition) is 9. The average molecular weight is 456 g/mol. The zero-order valence-electron chi connectivity index (χ0n) is 15.9. The molecule has 0 spiro atoms. The van der Waals surface area contributed by atoms with E-state index >= 15 is 0 Å². The lowest BCUT2D eigenvalue weighted by molar-refractivity contribution is 0.102. The van der Waals surface area contributed by atoms with Gasteiger partial charge < -0.3 is 10.1 Å². The number of amides is 1. The van der Waals surface area contributed by atoms with Gasteiger partial charge in [0.05, 0.1) is 18.4 Å². The Morgan fingerprint density at radius 1 is 1.13 bits per heavy atom. The topological polar surface area (TPSA) is 89.0 Å². The highest BCUT2D eigenvalue weighted by molar-refractivity contribution is 8.00. The van der Waals surface area contributed by atoms with Crippen LogP contribution in [0.3, 0.4) is 0 Å². The second kappa shape index (κ2) is 9.70. The van der Waals surface area contributed by atoms with Crippen LogP contribution in [0.5, 0.6) is 5.75 Å². The molecule has 0 unspecified atom stereocenters. The molecule has 4 rings (SSSR count). The van der Waals surface area contributed by atoms with Crippen molar-refractivity contribution in [1.82, 2.24) is 15.2 Å². The van der Waals surface area contributed by atoms with Gasteiger partial charge in [0.15, 0.2) is 4.34 Å². The fraction of sp³-hybridized carbons (Fsp3) is 0.100. The minimum atomic E-state index is -0.313. The van der Waals surface area contributed by atoms with E-state index in [2.05, 4.69) is 31.9 Å². The van der Waals surface area contributed by atoms with Crippen molar-refractivity contribution in [2.75, 3.05) is 17.7 Å². The van der Waals surface area contributed by atoms with Gasteiger partial charge in [-0.25, -0.2) is 4.98 Å². The van der Waals surface area contributed by atoms with Crippen LogP contribution in [0.25, 0.3) is 0 Å². The van der Waals surface area contributed by atoms with Crippen molar-refractivity contribution in [3.63, 3.8) is 0 Å². The van der Waals surface area contributed by atoms with Crippen molar-refractivity contribution < 1.29 is 9.53 Å². The van der Waals surface area contributed by atoms with E-state index in [-0.39, 0.29) is 5.91 Å². The number of rotatable bonds is 8. The van der Waals surface area contributed by atoms with Crippen molar-refractivity contribution in [1.29, 1.82) is 0 Å². The fourth-order valence-corrected chi connectivity index (χ4v) is 5.09. The Labute approximate surface area is 185 Å². The Bertz CT molecular complexity index is 1130. The van der Waals surface area contributed by atoms with Crippen molar-refractivity contribution >= 4 is 57.0 Å². The van der Waals surface area contributed by atoms with E-state index in [0.717, 1.165) is 15.8 Å². The molecule has 1 aromatic carbocycles. The molecule has 0 radical (unpaired) electrons. The molecule has 0 saturated heterocycles. The van der Waals surface area contributed by atoms with Gasteiger partial charge in [-0.05, 0) is 35.7 Å². The summed E-state index contributed by atoms with van der Waals surface area (Å²) in [5.74, 6) is 1.60. The molecule has 152 valence electrons. The molecule has 30 heavy (non-hydrogen) atoms. The first-order chi connectivity index (χ1) is 14.7. The summed E-state index contributed by atoms with van der Waals surface area (Å²) in [4.78, 5) is 18.4. The number of thiophene rings is 1. The Kier molecular flexibility index (Phi) is 6.57. The maximum Gasteiger partial charge on any atom is 0.261 e. The van der Waals surface area contributed by atoms with Gasteiger partial charge in [-0.1, -0.05) is 41.3 Å². The molecule has 0 atom stereocenters.